The molecule has 2 nitrogen and oxygen atoms in total. The zero-order valence-electron chi connectivity index (χ0n) is 10.3. The van der Waals surface area contributed by atoms with Crippen LogP contribution in [0.4, 0.5) is 8.78 Å². The summed E-state index contributed by atoms with van der Waals surface area (Å²) in [5.41, 5.74) is 5.82. The largest absolute Gasteiger partial charge is 0.450 e. The summed E-state index contributed by atoms with van der Waals surface area (Å²) >= 11 is 11.6. The smallest absolute Gasteiger partial charge is 0.198 e. The van der Waals surface area contributed by atoms with E-state index in [0.29, 0.717) is 23.6 Å². The summed E-state index contributed by atoms with van der Waals surface area (Å²) in [6.45, 7) is 0.308. The Kier molecular flexibility index (Phi) is 4.81. The average molecular weight is 318 g/mol. The molecule has 0 aromatic heterocycles. The molecular weight excluding hydrogens is 307 g/mol. The van der Waals surface area contributed by atoms with E-state index in [0.717, 1.165) is 0 Å². The molecule has 0 saturated carbocycles. The van der Waals surface area contributed by atoms with Crippen molar-refractivity contribution in [3.8, 4) is 11.5 Å². The van der Waals surface area contributed by atoms with Crippen molar-refractivity contribution >= 4 is 23.2 Å². The minimum Gasteiger partial charge on any atom is -0.450 e. The highest BCUT2D eigenvalue weighted by Gasteiger charge is 2.15. The molecular formula is C14H11Cl2F2NO. The first-order chi connectivity index (χ1) is 9.51. The second-order valence-corrected chi connectivity index (χ2v) is 4.95. The van der Waals surface area contributed by atoms with Gasteiger partial charge in [-0.1, -0.05) is 23.2 Å². The number of halogens is 4. The zero-order chi connectivity index (χ0) is 14.7. The van der Waals surface area contributed by atoms with Crippen molar-refractivity contribution in [3.63, 3.8) is 0 Å². The van der Waals surface area contributed by atoms with E-state index in [9.17, 15) is 8.78 Å². The molecule has 0 aliphatic rings. The van der Waals surface area contributed by atoms with E-state index >= 15 is 0 Å². The van der Waals surface area contributed by atoms with Gasteiger partial charge in [-0.25, -0.2) is 8.78 Å². The van der Waals surface area contributed by atoms with Crippen molar-refractivity contribution in [2.24, 2.45) is 5.73 Å². The van der Waals surface area contributed by atoms with Crippen LogP contribution in [-0.4, -0.2) is 6.54 Å². The molecule has 0 spiro atoms. The van der Waals surface area contributed by atoms with Crippen molar-refractivity contribution in [3.05, 3.63) is 57.6 Å². The van der Waals surface area contributed by atoms with Crippen molar-refractivity contribution in [2.75, 3.05) is 6.54 Å². The third-order valence-electron chi connectivity index (χ3n) is 2.60. The lowest BCUT2D eigenvalue weighted by molar-refractivity contribution is 0.406. The number of ether oxygens (including phenoxy) is 1. The highest BCUT2D eigenvalue weighted by atomic mass is 35.5. The molecule has 2 N–H and O–H groups in total. The molecule has 0 saturated heterocycles. The second kappa shape index (κ2) is 6.39. The molecule has 6 heteroatoms. The van der Waals surface area contributed by atoms with Crippen LogP contribution in [-0.2, 0) is 6.42 Å². The third-order valence-corrected chi connectivity index (χ3v) is 3.13. The van der Waals surface area contributed by atoms with E-state index in [2.05, 4.69) is 0 Å². The monoisotopic (exact) mass is 317 g/mol. The van der Waals surface area contributed by atoms with Gasteiger partial charge < -0.3 is 10.5 Å². The Balaban J connectivity index is 2.33. The predicted octanol–water partition coefficient (Wildman–Crippen LogP) is 4.57. The van der Waals surface area contributed by atoms with Crippen LogP contribution in [0.1, 0.15) is 5.56 Å². The standard InChI is InChI=1S/C14H11Cl2F2NO/c15-9-1-2-13(10(16)7-9)20-14-11(17)5-8(3-4-19)6-12(14)18/h1-2,5-7H,3-4,19H2. The van der Waals surface area contributed by atoms with Gasteiger partial charge in [-0.05, 0) is 48.9 Å². The van der Waals surface area contributed by atoms with Crippen LogP contribution in [0, 0.1) is 11.6 Å². The Morgan fingerprint density at radius 2 is 1.70 bits per heavy atom. The molecule has 0 bridgehead atoms. The van der Waals surface area contributed by atoms with E-state index in [1.807, 2.05) is 0 Å². The van der Waals surface area contributed by atoms with Crippen LogP contribution in [0.15, 0.2) is 30.3 Å². The molecule has 20 heavy (non-hydrogen) atoms. The number of nitrogens with two attached hydrogens (primary N) is 1. The first kappa shape index (κ1) is 15.0. The molecule has 106 valence electrons. The summed E-state index contributed by atoms with van der Waals surface area (Å²) in [5, 5.41) is 0.573. The van der Waals surface area contributed by atoms with Gasteiger partial charge in [0.2, 0.25) is 0 Å². The second-order valence-electron chi connectivity index (χ2n) is 4.10. The predicted molar refractivity (Wildman–Crippen MR) is 75.7 cm³/mol. The Bertz CT molecular complexity index is 612. The number of benzene rings is 2. The Morgan fingerprint density at radius 1 is 1.05 bits per heavy atom. The fourth-order valence-electron chi connectivity index (χ4n) is 1.69. The van der Waals surface area contributed by atoms with E-state index in [1.165, 1.54) is 30.3 Å². The average Bonchev–Trinajstić information content (AvgIpc) is 2.36. The summed E-state index contributed by atoms with van der Waals surface area (Å²) in [6, 6.07) is 6.76. The summed E-state index contributed by atoms with van der Waals surface area (Å²) in [6.07, 6.45) is 0.385. The molecule has 0 amide bonds. The molecule has 0 radical (unpaired) electrons. The zero-order valence-corrected chi connectivity index (χ0v) is 11.8. The van der Waals surface area contributed by atoms with Gasteiger partial charge in [0, 0.05) is 5.02 Å². The first-order valence-electron chi connectivity index (χ1n) is 5.82. The molecule has 0 fully saturated rings. The molecule has 0 aliphatic carbocycles. The SMILES string of the molecule is NCCc1cc(F)c(Oc2ccc(Cl)cc2Cl)c(F)c1. The lowest BCUT2D eigenvalue weighted by Gasteiger charge is -2.11. The molecule has 0 unspecified atom stereocenters. The molecule has 0 atom stereocenters. The minimum atomic E-state index is -0.806. The van der Waals surface area contributed by atoms with Crippen LogP contribution in [0.2, 0.25) is 10.0 Å². The number of hydrogen-bond donors (Lipinski definition) is 1. The summed E-state index contributed by atoms with van der Waals surface area (Å²) in [7, 11) is 0. The van der Waals surface area contributed by atoms with Crippen molar-refractivity contribution in [1.29, 1.82) is 0 Å². The molecule has 2 aromatic carbocycles. The summed E-state index contributed by atoms with van der Waals surface area (Å²) < 4.78 is 32.9. The number of hydrogen-bond acceptors (Lipinski definition) is 2. The van der Waals surface area contributed by atoms with Crippen LogP contribution < -0.4 is 10.5 Å². The van der Waals surface area contributed by atoms with Crippen molar-refractivity contribution < 1.29 is 13.5 Å². The summed E-state index contributed by atoms with van der Waals surface area (Å²) in [4.78, 5) is 0. The molecule has 2 rings (SSSR count). The van der Waals surface area contributed by atoms with E-state index < -0.39 is 17.4 Å². The Hall–Kier alpha value is -1.36. The molecule has 0 heterocycles. The lowest BCUT2D eigenvalue weighted by Crippen LogP contribution is -2.04. The Labute approximate surface area is 125 Å². The lowest BCUT2D eigenvalue weighted by atomic mass is 10.1. The van der Waals surface area contributed by atoms with Crippen molar-refractivity contribution in [2.45, 2.75) is 6.42 Å². The van der Waals surface area contributed by atoms with Gasteiger partial charge >= 0.3 is 0 Å². The molecule has 2 aromatic rings. The maximum atomic E-state index is 13.9. The van der Waals surface area contributed by atoms with E-state index in [-0.39, 0.29) is 10.8 Å². The van der Waals surface area contributed by atoms with Crippen molar-refractivity contribution in [1.82, 2.24) is 0 Å². The topological polar surface area (TPSA) is 35.2 Å². The van der Waals surface area contributed by atoms with Gasteiger partial charge in [0.25, 0.3) is 0 Å². The van der Waals surface area contributed by atoms with Gasteiger partial charge in [0.1, 0.15) is 5.75 Å². The Morgan fingerprint density at radius 3 is 2.25 bits per heavy atom. The van der Waals surface area contributed by atoms with Crippen LogP contribution in [0.3, 0.4) is 0 Å². The van der Waals surface area contributed by atoms with Crippen LogP contribution in [0.25, 0.3) is 0 Å². The van der Waals surface area contributed by atoms with Gasteiger partial charge in [-0.2, -0.15) is 0 Å². The maximum absolute atomic E-state index is 13.9. The molecule has 0 aliphatic heterocycles. The van der Waals surface area contributed by atoms with Gasteiger partial charge in [-0.3, -0.25) is 0 Å². The van der Waals surface area contributed by atoms with Gasteiger partial charge in [0.05, 0.1) is 5.02 Å². The normalized spacial score (nSPS) is 10.7. The highest BCUT2D eigenvalue weighted by molar-refractivity contribution is 6.35. The quantitative estimate of drug-likeness (QED) is 0.896. The van der Waals surface area contributed by atoms with E-state index in [4.69, 9.17) is 33.7 Å². The van der Waals surface area contributed by atoms with E-state index in [1.54, 1.807) is 0 Å². The number of rotatable bonds is 4. The van der Waals surface area contributed by atoms with Gasteiger partial charge in [0.15, 0.2) is 17.4 Å². The van der Waals surface area contributed by atoms with Crippen LogP contribution >= 0.6 is 23.2 Å². The first-order valence-corrected chi connectivity index (χ1v) is 6.57. The summed E-state index contributed by atoms with van der Waals surface area (Å²) in [5.74, 6) is -1.99. The third kappa shape index (κ3) is 3.39. The maximum Gasteiger partial charge on any atom is 0.198 e. The van der Waals surface area contributed by atoms with Crippen LogP contribution in [0.5, 0.6) is 11.5 Å². The highest BCUT2D eigenvalue weighted by Crippen LogP contribution is 2.34. The minimum absolute atomic E-state index is 0.125. The fraction of sp³-hybridized carbons (Fsp3) is 0.143. The van der Waals surface area contributed by atoms with Gasteiger partial charge in [-0.15, -0.1) is 0 Å². The fourth-order valence-corrected chi connectivity index (χ4v) is 2.14.